The van der Waals surface area contributed by atoms with E-state index < -0.39 is 0 Å². The Morgan fingerprint density at radius 1 is 1.65 bits per heavy atom. The lowest BCUT2D eigenvalue weighted by Crippen LogP contribution is -2.32. The van der Waals surface area contributed by atoms with Gasteiger partial charge in [-0.05, 0) is 37.8 Å². The number of carbonyl (C=O) groups is 1. The molecule has 1 aliphatic heterocycles. The van der Waals surface area contributed by atoms with Gasteiger partial charge in [-0.2, -0.15) is 0 Å². The molecule has 3 rings (SSSR count). The van der Waals surface area contributed by atoms with Gasteiger partial charge in [0.1, 0.15) is 0 Å². The lowest BCUT2D eigenvalue weighted by atomic mass is 10.2. The van der Waals surface area contributed by atoms with Crippen LogP contribution in [0.1, 0.15) is 29.5 Å². The van der Waals surface area contributed by atoms with Gasteiger partial charge in [0.25, 0.3) is 0 Å². The second-order valence-corrected chi connectivity index (χ2v) is 6.00. The molecule has 0 spiro atoms. The number of thiophene rings is 1. The molecule has 1 fully saturated rings. The molecule has 1 amide bonds. The molecule has 0 saturated carbocycles. The summed E-state index contributed by atoms with van der Waals surface area (Å²) in [5, 5.41) is 8.59. The van der Waals surface area contributed by atoms with Gasteiger partial charge < -0.3 is 4.52 Å². The van der Waals surface area contributed by atoms with Crippen LogP contribution in [-0.4, -0.2) is 29.1 Å². The zero-order valence-corrected chi connectivity index (χ0v) is 12.2. The third-order valence-electron chi connectivity index (χ3n) is 3.47. The maximum Gasteiger partial charge on any atom is 0.240 e. The van der Waals surface area contributed by atoms with Crippen molar-refractivity contribution in [3.05, 3.63) is 34.2 Å². The maximum atomic E-state index is 12.1. The molecule has 5 nitrogen and oxygen atoms in total. The van der Waals surface area contributed by atoms with E-state index >= 15 is 0 Å². The van der Waals surface area contributed by atoms with Crippen LogP contribution in [0.3, 0.4) is 0 Å². The van der Waals surface area contributed by atoms with Gasteiger partial charge in [-0.15, -0.1) is 11.3 Å². The molecule has 2 aromatic rings. The normalized spacial score (nSPS) is 19.4. The van der Waals surface area contributed by atoms with E-state index in [1.807, 2.05) is 6.92 Å². The molecule has 0 aliphatic carbocycles. The average Bonchev–Trinajstić information content (AvgIpc) is 3.10. The average molecular weight is 291 g/mol. The predicted molar refractivity (Wildman–Crippen MR) is 77.7 cm³/mol. The van der Waals surface area contributed by atoms with E-state index in [1.165, 1.54) is 4.88 Å². The smallest absolute Gasteiger partial charge is 0.240 e. The van der Waals surface area contributed by atoms with E-state index in [-0.39, 0.29) is 5.91 Å². The van der Waals surface area contributed by atoms with Gasteiger partial charge >= 0.3 is 0 Å². The molecule has 2 aromatic heterocycles. The number of carbonyl (C=O) groups excluding carboxylic acids is 1. The SMILES string of the molecule is Cc1cc(NC(=O)CN2CCCC2c2cccs2)on1. The highest BCUT2D eigenvalue weighted by molar-refractivity contribution is 7.10. The summed E-state index contributed by atoms with van der Waals surface area (Å²) < 4.78 is 5.00. The number of hydrogen-bond acceptors (Lipinski definition) is 5. The molecule has 1 unspecified atom stereocenters. The van der Waals surface area contributed by atoms with Crippen LogP contribution in [0.4, 0.5) is 5.88 Å². The van der Waals surface area contributed by atoms with Crippen LogP contribution < -0.4 is 5.32 Å². The number of likely N-dealkylation sites (tertiary alicyclic amines) is 1. The molecular weight excluding hydrogens is 274 g/mol. The van der Waals surface area contributed by atoms with Crippen molar-refractivity contribution in [2.75, 3.05) is 18.4 Å². The highest BCUT2D eigenvalue weighted by atomic mass is 32.1. The van der Waals surface area contributed by atoms with Gasteiger partial charge in [0.15, 0.2) is 0 Å². The molecule has 6 heteroatoms. The van der Waals surface area contributed by atoms with Crippen LogP contribution in [0, 0.1) is 6.92 Å². The first-order valence-corrected chi connectivity index (χ1v) is 7.61. The summed E-state index contributed by atoms with van der Waals surface area (Å²) in [7, 11) is 0. The minimum absolute atomic E-state index is 0.0513. The molecule has 106 valence electrons. The number of hydrogen-bond donors (Lipinski definition) is 1. The topological polar surface area (TPSA) is 58.4 Å². The Balaban J connectivity index is 1.60. The fraction of sp³-hybridized carbons (Fsp3) is 0.429. The molecule has 0 bridgehead atoms. The Morgan fingerprint density at radius 2 is 2.55 bits per heavy atom. The second kappa shape index (κ2) is 5.76. The van der Waals surface area contributed by atoms with Crippen LogP contribution in [0.5, 0.6) is 0 Å². The lowest BCUT2D eigenvalue weighted by molar-refractivity contribution is -0.117. The summed E-state index contributed by atoms with van der Waals surface area (Å²) in [5.41, 5.74) is 0.762. The first-order valence-electron chi connectivity index (χ1n) is 6.73. The molecule has 1 saturated heterocycles. The number of anilines is 1. The number of aromatic nitrogens is 1. The number of nitrogens with one attached hydrogen (secondary N) is 1. The van der Waals surface area contributed by atoms with Crippen molar-refractivity contribution in [3.63, 3.8) is 0 Å². The Morgan fingerprint density at radius 3 is 3.25 bits per heavy atom. The van der Waals surface area contributed by atoms with Gasteiger partial charge in [0.2, 0.25) is 11.8 Å². The van der Waals surface area contributed by atoms with E-state index in [1.54, 1.807) is 17.4 Å². The van der Waals surface area contributed by atoms with Gasteiger partial charge in [-0.1, -0.05) is 11.2 Å². The summed E-state index contributed by atoms with van der Waals surface area (Å²) in [5.74, 6) is 0.365. The third kappa shape index (κ3) is 2.91. The van der Waals surface area contributed by atoms with E-state index in [0.717, 1.165) is 25.1 Å². The zero-order valence-electron chi connectivity index (χ0n) is 11.3. The Bertz CT molecular complexity index is 579. The highest BCUT2D eigenvalue weighted by Crippen LogP contribution is 2.34. The molecule has 1 atom stereocenters. The Labute approximate surface area is 121 Å². The van der Waals surface area contributed by atoms with Crippen molar-refractivity contribution >= 4 is 23.1 Å². The minimum atomic E-state index is -0.0513. The standard InChI is InChI=1S/C14H17N3O2S/c1-10-8-14(19-16-10)15-13(18)9-17-6-2-4-11(17)12-5-3-7-20-12/h3,5,7-8,11H,2,4,6,9H2,1H3,(H,15,18). The Kier molecular flexibility index (Phi) is 3.84. The molecule has 0 radical (unpaired) electrons. The number of nitrogens with zero attached hydrogens (tertiary/aromatic N) is 2. The quantitative estimate of drug-likeness (QED) is 0.941. The largest absolute Gasteiger partial charge is 0.338 e. The number of aryl methyl sites for hydroxylation is 1. The first kappa shape index (κ1) is 13.3. The van der Waals surface area contributed by atoms with Crippen LogP contribution >= 0.6 is 11.3 Å². The predicted octanol–water partition coefficient (Wildman–Crippen LogP) is 2.82. The van der Waals surface area contributed by atoms with E-state index in [9.17, 15) is 4.79 Å². The van der Waals surface area contributed by atoms with Crippen molar-refractivity contribution in [2.45, 2.75) is 25.8 Å². The van der Waals surface area contributed by atoms with Crippen molar-refractivity contribution in [1.29, 1.82) is 0 Å². The lowest BCUT2D eigenvalue weighted by Gasteiger charge is -2.22. The molecule has 20 heavy (non-hydrogen) atoms. The number of amides is 1. The minimum Gasteiger partial charge on any atom is -0.338 e. The van der Waals surface area contributed by atoms with Crippen LogP contribution in [-0.2, 0) is 4.79 Å². The summed E-state index contributed by atoms with van der Waals surface area (Å²) >= 11 is 1.76. The van der Waals surface area contributed by atoms with Crippen LogP contribution in [0.25, 0.3) is 0 Å². The van der Waals surface area contributed by atoms with Crippen LogP contribution in [0.15, 0.2) is 28.1 Å². The summed E-state index contributed by atoms with van der Waals surface area (Å²) in [6.07, 6.45) is 2.26. The Hall–Kier alpha value is -1.66. The summed E-state index contributed by atoms with van der Waals surface area (Å²) in [4.78, 5) is 15.6. The van der Waals surface area contributed by atoms with E-state index in [0.29, 0.717) is 18.5 Å². The first-order chi connectivity index (χ1) is 9.72. The monoisotopic (exact) mass is 291 g/mol. The molecular formula is C14H17N3O2S. The van der Waals surface area contributed by atoms with Crippen LogP contribution in [0.2, 0.25) is 0 Å². The summed E-state index contributed by atoms with van der Waals surface area (Å²) in [6.45, 7) is 3.18. The van der Waals surface area contributed by atoms with Gasteiger partial charge in [0, 0.05) is 17.0 Å². The third-order valence-corrected chi connectivity index (χ3v) is 4.45. The zero-order chi connectivity index (χ0) is 13.9. The maximum absolute atomic E-state index is 12.1. The van der Waals surface area contributed by atoms with Gasteiger partial charge in [0.05, 0.1) is 12.2 Å². The second-order valence-electron chi connectivity index (χ2n) is 5.02. The summed E-state index contributed by atoms with van der Waals surface area (Å²) in [6, 6.07) is 6.30. The van der Waals surface area contributed by atoms with Gasteiger partial charge in [-0.3, -0.25) is 15.0 Å². The van der Waals surface area contributed by atoms with Crippen molar-refractivity contribution in [1.82, 2.24) is 10.1 Å². The molecule has 0 aromatic carbocycles. The number of rotatable bonds is 4. The van der Waals surface area contributed by atoms with E-state index in [2.05, 4.69) is 32.9 Å². The molecule has 3 heterocycles. The fourth-order valence-electron chi connectivity index (χ4n) is 2.60. The fourth-order valence-corrected chi connectivity index (χ4v) is 3.50. The molecule has 1 N–H and O–H groups in total. The highest BCUT2D eigenvalue weighted by Gasteiger charge is 2.28. The molecule has 1 aliphatic rings. The van der Waals surface area contributed by atoms with Crippen molar-refractivity contribution < 1.29 is 9.32 Å². The van der Waals surface area contributed by atoms with Crippen molar-refractivity contribution in [2.24, 2.45) is 0 Å². The van der Waals surface area contributed by atoms with Gasteiger partial charge in [-0.25, -0.2) is 0 Å². The van der Waals surface area contributed by atoms with Crippen molar-refractivity contribution in [3.8, 4) is 0 Å². The van der Waals surface area contributed by atoms with E-state index in [4.69, 9.17) is 4.52 Å².